The number of hydrogen-bond donors (Lipinski definition) is 1. The van der Waals surface area contributed by atoms with Crippen molar-refractivity contribution < 1.29 is 8.42 Å². The molecule has 0 aliphatic carbocycles. The summed E-state index contributed by atoms with van der Waals surface area (Å²) in [4.78, 5) is 0.244. The van der Waals surface area contributed by atoms with Crippen molar-refractivity contribution in [3.05, 3.63) is 54.6 Å². The van der Waals surface area contributed by atoms with Crippen LogP contribution in [0.1, 0.15) is 0 Å². The van der Waals surface area contributed by atoms with E-state index in [0.717, 1.165) is 5.52 Å². The molecule has 0 bridgehead atoms. The molecular weight excluding hydrogens is 286 g/mol. The third kappa shape index (κ3) is 2.32. The van der Waals surface area contributed by atoms with E-state index in [-0.39, 0.29) is 9.92 Å². The fraction of sp³-hybridized carbons (Fsp3) is 0.133. The molecule has 0 saturated heterocycles. The summed E-state index contributed by atoms with van der Waals surface area (Å²) >= 11 is 0. The van der Waals surface area contributed by atoms with Crippen LogP contribution in [0.3, 0.4) is 0 Å². The Balaban J connectivity index is 2.26. The summed E-state index contributed by atoms with van der Waals surface area (Å²) in [5.74, 6) is 0. The lowest BCUT2D eigenvalue weighted by molar-refractivity contribution is 0.580. The zero-order valence-corrected chi connectivity index (χ0v) is 12.1. The maximum absolute atomic E-state index is 12.8. The van der Waals surface area contributed by atoms with E-state index in [2.05, 4.69) is 5.10 Å². The second-order valence-corrected chi connectivity index (χ2v) is 6.52. The van der Waals surface area contributed by atoms with Gasteiger partial charge in [0.25, 0.3) is 0 Å². The predicted octanol–water partition coefficient (Wildman–Crippen LogP) is 1.83. The first kappa shape index (κ1) is 13.8. The molecular formula is C15H15N3O2S. The van der Waals surface area contributed by atoms with Gasteiger partial charge in [-0.1, -0.05) is 30.3 Å². The number of benzene rings is 2. The number of hydrogen-bond acceptors (Lipinski definition) is 4. The van der Waals surface area contributed by atoms with E-state index < -0.39 is 9.84 Å². The molecule has 0 radical (unpaired) electrons. The minimum atomic E-state index is -3.64. The van der Waals surface area contributed by atoms with Gasteiger partial charge in [0.2, 0.25) is 9.84 Å². The topological polar surface area (TPSA) is 78.0 Å². The van der Waals surface area contributed by atoms with Gasteiger partial charge in [-0.25, -0.2) is 8.42 Å². The molecule has 0 fully saturated rings. The van der Waals surface area contributed by atoms with Gasteiger partial charge < -0.3 is 5.73 Å². The number of nitrogens with two attached hydrogens (primary N) is 1. The molecule has 0 atom stereocenters. The lowest BCUT2D eigenvalue weighted by Crippen LogP contribution is -2.12. The van der Waals surface area contributed by atoms with Gasteiger partial charge in [-0.05, 0) is 24.3 Å². The van der Waals surface area contributed by atoms with E-state index in [1.54, 1.807) is 47.1 Å². The molecule has 1 heterocycles. The van der Waals surface area contributed by atoms with Gasteiger partial charge >= 0.3 is 0 Å². The molecule has 1 aromatic heterocycles. The fourth-order valence-corrected chi connectivity index (χ4v) is 3.71. The Morgan fingerprint density at radius 3 is 2.38 bits per heavy atom. The maximum atomic E-state index is 12.8. The highest BCUT2D eigenvalue weighted by Gasteiger charge is 2.24. The lowest BCUT2D eigenvalue weighted by atomic mass is 10.2. The van der Waals surface area contributed by atoms with Crippen LogP contribution in [0.2, 0.25) is 0 Å². The summed E-state index contributed by atoms with van der Waals surface area (Å²) in [5, 5.41) is 4.98. The number of aromatic nitrogens is 2. The van der Waals surface area contributed by atoms with Crippen molar-refractivity contribution in [3.63, 3.8) is 0 Å². The molecule has 3 aromatic rings. The first-order valence-corrected chi connectivity index (χ1v) is 8.08. The average molecular weight is 301 g/mol. The molecule has 21 heavy (non-hydrogen) atoms. The Bertz CT molecular complexity index is 870. The van der Waals surface area contributed by atoms with Gasteiger partial charge in [0.05, 0.1) is 17.0 Å². The van der Waals surface area contributed by atoms with Crippen LogP contribution in [0.5, 0.6) is 0 Å². The third-order valence-electron chi connectivity index (χ3n) is 3.27. The summed E-state index contributed by atoms with van der Waals surface area (Å²) in [6.45, 7) is 0.876. The average Bonchev–Trinajstić information content (AvgIpc) is 2.88. The van der Waals surface area contributed by atoms with Crippen LogP contribution in [0.25, 0.3) is 10.9 Å². The molecule has 0 amide bonds. The first-order chi connectivity index (χ1) is 10.1. The number of rotatable bonds is 4. The summed E-state index contributed by atoms with van der Waals surface area (Å²) in [6.07, 6.45) is 0. The standard InChI is InChI=1S/C15H15N3O2S/c16-10-11-18-14-9-5-4-8-13(14)15(17-18)21(19,20)12-6-2-1-3-7-12/h1-9H,10-11,16H2. The van der Waals surface area contributed by atoms with E-state index in [1.165, 1.54) is 0 Å². The largest absolute Gasteiger partial charge is 0.329 e. The van der Waals surface area contributed by atoms with Gasteiger partial charge in [-0.15, -0.1) is 0 Å². The van der Waals surface area contributed by atoms with Gasteiger partial charge in [-0.3, -0.25) is 4.68 Å². The predicted molar refractivity (Wildman–Crippen MR) is 80.7 cm³/mol. The molecule has 0 saturated carbocycles. The monoisotopic (exact) mass is 301 g/mol. The Morgan fingerprint density at radius 1 is 1.00 bits per heavy atom. The summed E-state index contributed by atoms with van der Waals surface area (Å²) in [6, 6.07) is 15.6. The van der Waals surface area contributed by atoms with E-state index in [0.29, 0.717) is 18.5 Å². The van der Waals surface area contributed by atoms with Gasteiger partial charge in [0, 0.05) is 11.9 Å². The molecule has 0 unspecified atom stereocenters. The molecule has 0 spiro atoms. The van der Waals surface area contributed by atoms with Crippen molar-refractivity contribution in [1.29, 1.82) is 0 Å². The Kier molecular flexibility index (Phi) is 3.48. The summed E-state index contributed by atoms with van der Waals surface area (Å²) < 4.78 is 27.2. The smallest absolute Gasteiger partial charge is 0.226 e. The van der Waals surface area contributed by atoms with E-state index in [1.807, 2.05) is 12.1 Å². The van der Waals surface area contributed by atoms with Crippen LogP contribution in [0.15, 0.2) is 64.5 Å². The second-order valence-electron chi connectivity index (χ2n) is 4.65. The Labute approximate surface area is 122 Å². The molecule has 2 aromatic carbocycles. The van der Waals surface area contributed by atoms with Crippen molar-refractivity contribution in [2.24, 2.45) is 5.73 Å². The quantitative estimate of drug-likeness (QED) is 0.797. The molecule has 2 N–H and O–H groups in total. The lowest BCUT2D eigenvalue weighted by Gasteiger charge is -2.01. The molecule has 5 nitrogen and oxygen atoms in total. The van der Waals surface area contributed by atoms with Crippen molar-refractivity contribution >= 4 is 20.7 Å². The van der Waals surface area contributed by atoms with Gasteiger partial charge in [0.1, 0.15) is 0 Å². The van der Waals surface area contributed by atoms with Crippen LogP contribution in [-0.4, -0.2) is 24.7 Å². The molecule has 108 valence electrons. The van der Waals surface area contributed by atoms with E-state index in [4.69, 9.17) is 5.73 Å². The van der Waals surface area contributed by atoms with Crippen LogP contribution in [0, 0.1) is 0 Å². The van der Waals surface area contributed by atoms with Crippen molar-refractivity contribution in [3.8, 4) is 0 Å². The SMILES string of the molecule is NCCn1nc(S(=O)(=O)c2ccccc2)c2ccccc21. The molecule has 0 aliphatic heterocycles. The van der Waals surface area contributed by atoms with Crippen molar-refractivity contribution in [1.82, 2.24) is 9.78 Å². The number of nitrogens with zero attached hydrogens (tertiary/aromatic N) is 2. The molecule has 6 heteroatoms. The maximum Gasteiger partial charge on any atom is 0.226 e. The fourth-order valence-electron chi connectivity index (χ4n) is 2.30. The zero-order chi connectivity index (χ0) is 14.9. The summed E-state index contributed by atoms with van der Waals surface area (Å²) in [5.41, 5.74) is 6.35. The number of para-hydroxylation sites is 1. The van der Waals surface area contributed by atoms with Crippen LogP contribution in [-0.2, 0) is 16.4 Å². The van der Waals surface area contributed by atoms with Crippen LogP contribution >= 0.6 is 0 Å². The Hall–Kier alpha value is -2.18. The Morgan fingerprint density at radius 2 is 1.67 bits per heavy atom. The highest BCUT2D eigenvalue weighted by atomic mass is 32.2. The number of sulfone groups is 1. The minimum absolute atomic E-state index is 0.0813. The minimum Gasteiger partial charge on any atom is -0.329 e. The normalized spacial score (nSPS) is 11.9. The van der Waals surface area contributed by atoms with Crippen molar-refractivity contribution in [2.75, 3.05) is 6.54 Å². The van der Waals surface area contributed by atoms with Crippen LogP contribution < -0.4 is 5.73 Å². The zero-order valence-electron chi connectivity index (χ0n) is 11.3. The van der Waals surface area contributed by atoms with Crippen LogP contribution in [0.4, 0.5) is 0 Å². The molecule has 3 rings (SSSR count). The van der Waals surface area contributed by atoms with Crippen molar-refractivity contribution in [2.45, 2.75) is 16.5 Å². The van der Waals surface area contributed by atoms with Gasteiger partial charge in [-0.2, -0.15) is 5.10 Å². The first-order valence-electron chi connectivity index (χ1n) is 6.60. The van der Waals surface area contributed by atoms with E-state index >= 15 is 0 Å². The second kappa shape index (κ2) is 5.31. The summed E-state index contributed by atoms with van der Waals surface area (Å²) in [7, 11) is -3.64. The number of fused-ring (bicyclic) bond motifs is 1. The van der Waals surface area contributed by atoms with E-state index in [9.17, 15) is 8.42 Å². The highest BCUT2D eigenvalue weighted by Crippen LogP contribution is 2.27. The van der Waals surface area contributed by atoms with Gasteiger partial charge in [0.15, 0.2) is 5.03 Å². The highest BCUT2D eigenvalue weighted by molar-refractivity contribution is 7.91. The third-order valence-corrected chi connectivity index (χ3v) is 4.98. The molecule has 0 aliphatic rings.